The fraction of sp³-hybridized carbons (Fsp3) is 0.0833. The molecule has 0 amide bonds. The number of hydrogen-bond acceptors (Lipinski definition) is 3. The zero-order chi connectivity index (χ0) is 13.1. The van der Waals surface area contributed by atoms with Crippen molar-refractivity contribution >= 4 is 17.4 Å². The van der Waals surface area contributed by atoms with Gasteiger partial charge in [0.2, 0.25) is 0 Å². The maximum absolute atomic E-state index is 13.1. The Bertz CT molecular complexity index is 555. The quantitative estimate of drug-likeness (QED) is 0.841. The van der Waals surface area contributed by atoms with Crippen LogP contribution < -0.4 is 5.32 Å². The molecule has 2 N–H and O–H groups in total. The van der Waals surface area contributed by atoms with Crippen LogP contribution in [0.4, 0.5) is 14.6 Å². The van der Waals surface area contributed by atoms with Crippen molar-refractivity contribution in [3.8, 4) is 5.75 Å². The summed E-state index contributed by atoms with van der Waals surface area (Å²) in [5.41, 5.74) is 0.351. The van der Waals surface area contributed by atoms with Crippen LogP contribution in [0.5, 0.6) is 5.75 Å². The summed E-state index contributed by atoms with van der Waals surface area (Å²) >= 11 is 5.69. The van der Waals surface area contributed by atoms with Gasteiger partial charge in [-0.1, -0.05) is 17.7 Å². The molecular formula is C12H9ClF2N2O. The number of rotatable bonds is 3. The van der Waals surface area contributed by atoms with E-state index in [0.717, 1.165) is 12.1 Å². The molecule has 1 aromatic carbocycles. The Morgan fingerprint density at radius 1 is 1.22 bits per heavy atom. The third-order valence-corrected chi connectivity index (χ3v) is 2.48. The summed E-state index contributed by atoms with van der Waals surface area (Å²) in [6, 6.07) is 7.10. The highest BCUT2D eigenvalue weighted by Crippen LogP contribution is 2.22. The lowest BCUT2D eigenvalue weighted by molar-refractivity contribution is 0.395. The van der Waals surface area contributed by atoms with Crippen LogP contribution in [0.25, 0.3) is 0 Å². The molecular weight excluding hydrogens is 262 g/mol. The van der Waals surface area contributed by atoms with Gasteiger partial charge in [-0.15, -0.1) is 0 Å². The van der Waals surface area contributed by atoms with E-state index in [1.165, 1.54) is 0 Å². The number of halogens is 3. The predicted octanol–water partition coefficient (Wildman–Crippen LogP) is 3.33. The highest BCUT2D eigenvalue weighted by Gasteiger charge is 2.09. The van der Waals surface area contributed by atoms with Crippen molar-refractivity contribution in [2.75, 3.05) is 5.32 Å². The second kappa shape index (κ2) is 5.18. The van der Waals surface area contributed by atoms with Crippen LogP contribution in [0.3, 0.4) is 0 Å². The molecule has 2 rings (SSSR count). The number of nitrogens with one attached hydrogen (secondary N) is 1. The van der Waals surface area contributed by atoms with Crippen LogP contribution in [0, 0.1) is 11.6 Å². The summed E-state index contributed by atoms with van der Waals surface area (Å²) in [5, 5.41) is 12.1. The molecule has 0 unspecified atom stereocenters. The first-order chi connectivity index (χ1) is 8.56. The Morgan fingerprint density at radius 3 is 2.50 bits per heavy atom. The minimum absolute atomic E-state index is 0.168. The fourth-order valence-electron chi connectivity index (χ4n) is 1.42. The van der Waals surface area contributed by atoms with Gasteiger partial charge in [-0.3, -0.25) is 0 Å². The molecule has 0 bridgehead atoms. The lowest BCUT2D eigenvalue weighted by Gasteiger charge is -2.07. The lowest BCUT2D eigenvalue weighted by Crippen LogP contribution is -2.02. The monoisotopic (exact) mass is 270 g/mol. The molecule has 3 nitrogen and oxygen atoms in total. The smallest absolute Gasteiger partial charge is 0.187 e. The highest BCUT2D eigenvalue weighted by molar-refractivity contribution is 6.29. The van der Waals surface area contributed by atoms with Crippen molar-refractivity contribution in [2.24, 2.45) is 0 Å². The van der Waals surface area contributed by atoms with E-state index in [1.807, 2.05) is 0 Å². The molecule has 2 aromatic rings. The molecule has 1 heterocycles. The van der Waals surface area contributed by atoms with Gasteiger partial charge in [-0.25, -0.2) is 13.8 Å². The Labute approximate surface area is 107 Å². The van der Waals surface area contributed by atoms with Crippen LogP contribution in [0.15, 0.2) is 30.3 Å². The molecule has 0 fully saturated rings. The number of aromatic nitrogens is 1. The summed E-state index contributed by atoms with van der Waals surface area (Å²) in [7, 11) is 0. The maximum Gasteiger partial charge on any atom is 0.187 e. The van der Waals surface area contributed by atoms with E-state index >= 15 is 0 Å². The first-order valence-electron chi connectivity index (χ1n) is 5.09. The lowest BCUT2D eigenvalue weighted by atomic mass is 10.2. The first-order valence-corrected chi connectivity index (χ1v) is 5.47. The van der Waals surface area contributed by atoms with Crippen molar-refractivity contribution < 1.29 is 13.9 Å². The number of phenols is 1. The molecule has 0 aliphatic carbocycles. The van der Waals surface area contributed by atoms with Gasteiger partial charge in [-0.05, 0) is 29.8 Å². The number of anilines is 1. The summed E-state index contributed by atoms with van der Waals surface area (Å²) in [6.45, 7) is 0.168. The van der Waals surface area contributed by atoms with Gasteiger partial charge in [0.25, 0.3) is 0 Å². The molecule has 94 valence electrons. The van der Waals surface area contributed by atoms with Gasteiger partial charge < -0.3 is 10.4 Å². The Morgan fingerprint density at radius 2 is 1.89 bits per heavy atom. The number of aromatic hydroxyl groups is 1. The van der Waals surface area contributed by atoms with Gasteiger partial charge in [0, 0.05) is 6.54 Å². The third-order valence-electron chi connectivity index (χ3n) is 2.27. The number of nitrogens with zero attached hydrogens (tertiary/aromatic N) is 1. The Kier molecular flexibility index (Phi) is 3.62. The molecule has 6 heteroatoms. The SMILES string of the molecule is Oc1c(F)cc(CNc2cccc(Cl)n2)cc1F. The zero-order valence-corrected chi connectivity index (χ0v) is 9.88. The Hall–Kier alpha value is -1.88. The topological polar surface area (TPSA) is 45.1 Å². The van der Waals surface area contributed by atoms with Gasteiger partial charge in [0.05, 0.1) is 0 Å². The largest absolute Gasteiger partial charge is 0.503 e. The van der Waals surface area contributed by atoms with E-state index in [2.05, 4.69) is 10.3 Å². The second-order valence-electron chi connectivity index (χ2n) is 3.61. The van der Waals surface area contributed by atoms with Crippen LogP contribution >= 0.6 is 11.6 Å². The van der Waals surface area contributed by atoms with E-state index in [-0.39, 0.29) is 6.54 Å². The fourth-order valence-corrected chi connectivity index (χ4v) is 1.58. The third kappa shape index (κ3) is 2.87. The molecule has 0 spiro atoms. The molecule has 0 aliphatic heterocycles. The molecule has 0 aliphatic rings. The van der Waals surface area contributed by atoms with Crippen molar-refractivity contribution in [2.45, 2.75) is 6.54 Å². The minimum atomic E-state index is -0.995. The summed E-state index contributed by atoms with van der Waals surface area (Å²) in [5.74, 6) is -2.47. The number of phenolic OH excluding ortho intramolecular Hbond substituents is 1. The van der Waals surface area contributed by atoms with Crippen molar-refractivity contribution in [3.63, 3.8) is 0 Å². The number of pyridine rings is 1. The average Bonchev–Trinajstić information content (AvgIpc) is 2.33. The van der Waals surface area contributed by atoms with Crippen LogP contribution in [-0.4, -0.2) is 10.1 Å². The van der Waals surface area contributed by atoms with E-state index in [0.29, 0.717) is 16.5 Å². The summed E-state index contributed by atoms with van der Waals surface area (Å²) in [6.07, 6.45) is 0. The van der Waals surface area contributed by atoms with Gasteiger partial charge in [-0.2, -0.15) is 0 Å². The summed E-state index contributed by atoms with van der Waals surface area (Å²) < 4.78 is 26.2. The minimum Gasteiger partial charge on any atom is -0.503 e. The van der Waals surface area contributed by atoms with E-state index < -0.39 is 17.4 Å². The molecule has 0 saturated carbocycles. The van der Waals surface area contributed by atoms with Crippen LogP contribution in [0.1, 0.15) is 5.56 Å². The molecule has 1 aromatic heterocycles. The first kappa shape index (κ1) is 12.6. The van der Waals surface area contributed by atoms with Crippen molar-refractivity contribution in [1.29, 1.82) is 0 Å². The zero-order valence-electron chi connectivity index (χ0n) is 9.12. The van der Waals surface area contributed by atoms with E-state index in [1.54, 1.807) is 18.2 Å². The molecule has 0 saturated heterocycles. The second-order valence-corrected chi connectivity index (χ2v) is 3.99. The standard InChI is InChI=1S/C12H9ClF2N2O/c13-10-2-1-3-11(17-10)16-6-7-4-8(14)12(18)9(15)5-7/h1-5,18H,6H2,(H,16,17). The van der Waals surface area contributed by atoms with Gasteiger partial charge in [0.15, 0.2) is 17.4 Å². The van der Waals surface area contributed by atoms with Crippen LogP contribution in [0.2, 0.25) is 5.15 Å². The molecule has 18 heavy (non-hydrogen) atoms. The average molecular weight is 271 g/mol. The maximum atomic E-state index is 13.1. The number of benzene rings is 1. The highest BCUT2D eigenvalue weighted by atomic mass is 35.5. The van der Waals surface area contributed by atoms with E-state index in [9.17, 15) is 8.78 Å². The summed E-state index contributed by atoms with van der Waals surface area (Å²) in [4.78, 5) is 3.97. The normalized spacial score (nSPS) is 10.4. The number of hydrogen-bond donors (Lipinski definition) is 2. The van der Waals surface area contributed by atoms with Gasteiger partial charge in [0.1, 0.15) is 11.0 Å². The van der Waals surface area contributed by atoms with Crippen molar-refractivity contribution in [3.05, 3.63) is 52.7 Å². The molecule has 0 atom stereocenters. The van der Waals surface area contributed by atoms with Crippen LogP contribution in [-0.2, 0) is 6.54 Å². The molecule has 0 radical (unpaired) electrons. The van der Waals surface area contributed by atoms with Gasteiger partial charge >= 0.3 is 0 Å². The van der Waals surface area contributed by atoms with E-state index in [4.69, 9.17) is 16.7 Å². The predicted molar refractivity (Wildman–Crippen MR) is 64.6 cm³/mol. The van der Waals surface area contributed by atoms with Crippen molar-refractivity contribution in [1.82, 2.24) is 4.98 Å². The Balaban J connectivity index is 2.11.